The maximum absolute atomic E-state index is 12.0. The van der Waals surface area contributed by atoms with Crippen LogP contribution in [0.25, 0.3) is 0 Å². The van der Waals surface area contributed by atoms with Gasteiger partial charge >= 0.3 is 0 Å². The van der Waals surface area contributed by atoms with Crippen molar-refractivity contribution in [3.63, 3.8) is 0 Å². The van der Waals surface area contributed by atoms with Gasteiger partial charge in [-0.1, -0.05) is 0 Å². The average Bonchev–Trinajstić information content (AvgIpc) is 2.36. The molecule has 1 unspecified atom stereocenters. The Bertz CT molecular complexity index is 433. The molecule has 0 bridgehead atoms. The summed E-state index contributed by atoms with van der Waals surface area (Å²) >= 11 is 0. The molecule has 1 rings (SSSR count). The molecule has 17 heavy (non-hydrogen) atoms. The predicted octanol–water partition coefficient (Wildman–Crippen LogP) is 0.233. The van der Waals surface area contributed by atoms with Gasteiger partial charge in [-0.3, -0.25) is 4.98 Å². The first kappa shape index (κ1) is 14.1. The molecule has 0 aliphatic rings. The van der Waals surface area contributed by atoms with Crippen molar-refractivity contribution in [3.05, 3.63) is 30.1 Å². The summed E-state index contributed by atoms with van der Waals surface area (Å²) < 4.78 is 25.3. The highest BCUT2D eigenvalue weighted by atomic mass is 32.2. The summed E-state index contributed by atoms with van der Waals surface area (Å²) in [5.74, 6) is 0.0951. The first-order valence-electron chi connectivity index (χ1n) is 5.52. The van der Waals surface area contributed by atoms with Crippen LogP contribution in [0.5, 0.6) is 0 Å². The van der Waals surface area contributed by atoms with Gasteiger partial charge < -0.3 is 5.73 Å². The fourth-order valence-corrected chi connectivity index (χ4v) is 2.78. The van der Waals surface area contributed by atoms with Gasteiger partial charge in [0, 0.05) is 32.0 Å². The zero-order valence-electron chi connectivity index (χ0n) is 10.2. The van der Waals surface area contributed by atoms with Gasteiger partial charge in [0.25, 0.3) is 0 Å². The number of sulfonamides is 1. The van der Waals surface area contributed by atoms with Crippen molar-refractivity contribution < 1.29 is 8.42 Å². The van der Waals surface area contributed by atoms with Crippen LogP contribution in [0.4, 0.5) is 0 Å². The van der Waals surface area contributed by atoms with Crippen molar-refractivity contribution in [3.8, 4) is 0 Å². The fraction of sp³-hybridized carbons (Fsp3) is 0.545. The Morgan fingerprint density at radius 1 is 1.41 bits per heavy atom. The number of aromatic nitrogens is 1. The lowest BCUT2D eigenvalue weighted by atomic mass is 10.2. The number of hydrogen-bond acceptors (Lipinski definition) is 4. The number of rotatable bonds is 6. The molecule has 0 amide bonds. The van der Waals surface area contributed by atoms with Crippen LogP contribution in [0.3, 0.4) is 0 Å². The van der Waals surface area contributed by atoms with E-state index in [-0.39, 0.29) is 11.8 Å². The first-order chi connectivity index (χ1) is 7.97. The zero-order chi connectivity index (χ0) is 12.9. The summed E-state index contributed by atoms with van der Waals surface area (Å²) in [5, 5.41) is 0. The number of aryl methyl sites for hydroxylation is 1. The van der Waals surface area contributed by atoms with Crippen LogP contribution < -0.4 is 5.73 Å². The van der Waals surface area contributed by atoms with Crippen LogP contribution in [0.15, 0.2) is 24.5 Å². The molecular weight excluding hydrogens is 238 g/mol. The highest BCUT2D eigenvalue weighted by molar-refractivity contribution is 7.89. The van der Waals surface area contributed by atoms with Crippen molar-refractivity contribution in [1.29, 1.82) is 0 Å². The van der Waals surface area contributed by atoms with Crippen molar-refractivity contribution in [1.82, 2.24) is 9.29 Å². The Morgan fingerprint density at radius 3 is 2.53 bits per heavy atom. The molecule has 0 aromatic carbocycles. The lowest BCUT2D eigenvalue weighted by molar-refractivity contribution is 0.394. The fourth-order valence-electron chi connectivity index (χ4n) is 1.36. The molecule has 0 saturated heterocycles. The standard InChI is InChI=1S/C11H19N3O2S/c1-10(9-12)14(2)17(15,16)8-5-11-3-6-13-7-4-11/h3-4,6-7,10H,5,8-9,12H2,1-2H3. The Balaban J connectivity index is 2.62. The smallest absolute Gasteiger partial charge is 0.214 e. The second-order valence-electron chi connectivity index (χ2n) is 4.02. The van der Waals surface area contributed by atoms with E-state index in [0.29, 0.717) is 13.0 Å². The molecule has 0 radical (unpaired) electrons. The van der Waals surface area contributed by atoms with E-state index >= 15 is 0 Å². The van der Waals surface area contributed by atoms with E-state index in [1.54, 1.807) is 26.4 Å². The number of nitrogens with two attached hydrogens (primary N) is 1. The van der Waals surface area contributed by atoms with Crippen LogP contribution >= 0.6 is 0 Å². The van der Waals surface area contributed by atoms with Crippen LogP contribution in [0.2, 0.25) is 0 Å². The minimum Gasteiger partial charge on any atom is -0.329 e. The van der Waals surface area contributed by atoms with Gasteiger partial charge in [0.15, 0.2) is 0 Å². The van der Waals surface area contributed by atoms with Gasteiger partial charge in [0.2, 0.25) is 10.0 Å². The molecule has 0 saturated carbocycles. The Morgan fingerprint density at radius 2 is 2.00 bits per heavy atom. The summed E-state index contributed by atoms with van der Waals surface area (Å²) in [6, 6.07) is 3.47. The number of likely N-dealkylation sites (N-methyl/N-ethyl adjacent to an activating group) is 1. The maximum atomic E-state index is 12.0. The molecule has 6 heteroatoms. The van der Waals surface area contributed by atoms with E-state index in [4.69, 9.17) is 5.73 Å². The average molecular weight is 257 g/mol. The van der Waals surface area contributed by atoms with E-state index < -0.39 is 10.0 Å². The van der Waals surface area contributed by atoms with Crippen molar-refractivity contribution in [2.75, 3.05) is 19.3 Å². The summed E-state index contributed by atoms with van der Waals surface area (Å²) in [6.07, 6.45) is 3.81. The SMILES string of the molecule is CC(CN)N(C)S(=O)(=O)CCc1ccncc1. The molecule has 1 aromatic rings. The Kier molecular flexibility index (Phi) is 5.04. The summed E-state index contributed by atoms with van der Waals surface area (Å²) in [6.45, 7) is 2.12. The number of pyridine rings is 1. The van der Waals surface area contributed by atoms with E-state index in [2.05, 4.69) is 4.98 Å². The number of hydrogen-bond donors (Lipinski definition) is 1. The normalized spacial score (nSPS) is 13.9. The highest BCUT2D eigenvalue weighted by Gasteiger charge is 2.21. The van der Waals surface area contributed by atoms with E-state index in [9.17, 15) is 8.42 Å². The first-order valence-corrected chi connectivity index (χ1v) is 7.13. The Hall–Kier alpha value is -0.980. The molecular formula is C11H19N3O2S. The third-order valence-corrected chi connectivity index (χ3v) is 4.76. The minimum absolute atomic E-state index is 0.0951. The van der Waals surface area contributed by atoms with Crippen molar-refractivity contribution >= 4 is 10.0 Å². The molecule has 1 atom stereocenters. The van der Waals surface area contributed by atoms with Gasteiger partial charge in [0.1, 0.15) is 0 Å². The van der Waals surface area contributed by atoms with Crippen LogP contribution in [-0.4, -0.2) is 43.1 Å². The highest BCUT2D eigenvalue weighted by Crippen LogP contribution is 2.07. The molecule has 96 valence electrons. The van der Waals surface area contributed by atoms with Crippen LogP contribution in [0.1, 0.15) is 12.5 Å². The molecule has 5 nitrogen and oxygen atoms in total. The third kappa shape index (κ3) is 4.07. The minimum atomic E-state index is -3.24. The van der Waals surface area contributed by atoms with E-state index in [1.807, 2.05) is 12.1 Å². The lowest BCUT2D eigenvalue weighted by Crippen LogP contribution is -2.41. The molecule has 0 spiro atoms. The summed E-state index contributed by atoms with van der Waals surface area (Å²) in [4.78, 5) is 3.89. The lowest BCUT2D eigenvalue weighted by Gasteiger charge is -2.22. The quantitative estimate of drug-likeness (QED) is 0.791. The van der Waals surface area contributed by atoms with Crippen molar-refractivity contribution in [2.45, 2.75) is 19.4 Å². The van der Waals surface area contributed by atoms with E-state index in [1.165, 1.54) is 4.31 Å². The Labute approximate surface area is 103 Å². The number of nitrogens with zero attached hydrogens (tertiary/aromatic N) is 2. The molecule has 1 aromatic heterocycles. The largest absolute Gasteiger partial charge is 0.329 e. The summed E-state index contributed by atoms with van der Waals surface area (Å²) in [5.41, 5.74) is 6.43. The zero-order valence-corrected chi connectivity index (χ0v) is 11.0. The van der Waals surface area contributed by atoms with Crippen LogP contribution in [0, 0.1) is 0 Å². The molecule has 0 aliphatic heterocycles. The van der Waals surface area contributed by atoms with E-state index in [0.717, 1.165) is 5.56 Å². The second kappa shape index (κ2) is 6.09. The monoisotopic (exact) mass is 257 g/mol. The molecule has 2 N–H and O–H groups in total. The second-order valence-corrected chi connectivity index (χ2v) is 6.17. The van der Waals surface area contributed by atoms with Gasteiger partial charge in [-0.05, 0) is 31.0 Å². The summed E-state index contributed by atoms with van der Waals surface area (Å²) in [7, 11) is -1.67. The van der Waals surface area contributed by atoms with Gasteiger partial charge in [-0.15, -0.1) is 0 Å². The van der Waals surface area contributed by atoms with Gasteiger partial charge in [-0.2, -0.15) is 0 Å². The van der Waals surface area contributed by atoms with Crippen LogP contribution in [-0.2, 0) is 16.4 Å². The van der Waals surface area contributed by atoms with Gasteiger partial charge in [-0.25, -0.2) is 12.7 Å². The molecule has 1 heterocycles. The third-order valence-electron chi connectivity index (χ3n) is 2.80. The molecule has 0 aliphatic carbocycles. The predicted molar refractivity (Wildman–Crippen MR) is 68.0 cm³/mol. The van der Waals surface area contributed by atoms with Gasteiger partial charge in [0.05, 0.1) is 5.75 Å². The maximum Gasteiger partial charge on any atom is 0.214 e. The molecule has 0 fully saturated rings. The van der Waals surface area contributed by atoms with Crippen molar-refractivity contribution in [2.24, 2.45) is 5.73 Å². The topological polar surface area (TPSA) is 76.3 Å².